The lowest BCUT2D eigenvalue weighted by molar-refractivity contribution is -0.129. The summed E-state index contributed by atoms with van der Waals surface area (Å²) in [5, 5.41) is 16.9. The zero-order valence-electron chi connectivity index (χ0n) is 11.3. The first-order valence-electron chi connectivity index (χ1n) is 6.04. The molecular formula is C14H15N3O3. The molecule has 104 valence electrons. The van der Waals surface area contributed by atoms with Crippen molar-refractivity contribution in [3.63, 3.8) is 0 Å². The molecule has 0 aliphatic heterocycles. The summed E-state index contributed by atoms with van der Waals surface area (Å²) in [6.45, 7) is 1.98. The Balaban J connectivity index is 2.28. The van der Waals surface area contributed by atoms with Crippen molar-refractivity contribution in [2.24, 2.45) is 5.16 Å². The lowest BCUT2D eigenvalue weighted by Crippen LogP contribution is -2.20. The van der Waals surface area contributed by atoms with Gasteiger partial charge in [-0.1, -0.05) is 35.5 Å². The maximum absolute atomic E-state index is 11.0. The highest BCUT2D eigenvalue weighted by molar-refractivity contribution is 6.35. The Bertz CT molecular complexity index is 632. The summed E-state index contributed by atoms with van der Waals surface area (Å²) in [5.74, 6) is -1.12. The molecule has 0 aliphatic rings. The van der Waals surface area contributed by atoms with Gasteiger partial charge < -0.3 is 9.94 Å². The zero-order chi connectivity index (χ0) is 14.5. The topological polar surface area (TPSA) is 76.7 Å². The molecule has 1 aromatic carbocycles. The average Bonchev–Trinajstić information content (AvgIpc) is 2.80. The Morgan fingerprint density at radius 1 is 1.40 bits per heavy atom. The highest BCUT2D eigenvalue weighted by atomic mass is 16.6. The van der Waals surface area contributed by atoms with E-state index < -0.39 is 5.97 Å². The average molecular weight is 273 g/mol. The van der Waals surface area contributed by atoms with Crippen molar-refractivity contribution < 1.29 is 14.7 Å². The lowest BCUT2D eigenvalue weighted by atomic mass is 10.1. The number of rotatable bonds is 5. The number of carboxylic acid groups (broad SMARTS) is 1. The maximum Gasteiger partial charge on any atom is 0.355 e. The first-order valence-corrected chi connectivity index (χ1v) is 6.04. The Labute approximate surface area is 116 Å². The quantitative estimate of drug-likeness (QED) is 0.667. The molecule has 1 aromatic heterocycles. The largest absolute Gasteiger partial charge is 0.477 e. The summed E-state index contributed by atoms with van der Waals surface area (Å²) >= 11 is 0. The molecule has 0 amide bonds. The number of aromatic nitrogens is 2. The van der Waals surface area contributed by atoms with Crippen LogP contribution in [0.1, 0.15) is 5.56 Å². The third kappa shape index (κ3) is 3.03. The van der Waals surface area contributed by atoms with E-state index in [9.17, 15) is 4.79 Å². The number of nitrogens with zero attached hydrogens (tertiary/aromatic N) is 3. The number of oxime groups is 1. The minimum absolute atomic E-state index is 0.0524. The summed E-state index contributed by atoms with van der Waals surface area (Å²) in [7, 11) is 1.31. The molecule has 0 radical (unpaired) electrons. The highest BCUT2D eigenvalue weighted by Gasteiger charge is 2.14. The third-order valence-electron chi connectivity index (χ3n) is 2.75. The van der Waals surface area contributed by atoms with Gasteiger partial charge in [-0.3, -0.25) is 4.68 Å². The molecule has 0 aliphatic carbocycles. The second kappa shape index (κ2) is 6.01. The predicted molar refractivity (Wildman–Crippen MR) is 74.5 cm³/mol. The molecule has 0 bridgehead atoms. The van der Waals surface area contributed by atoms with Gasteiger partial charge in [-0.15, -0.1) is 0 Å². The molecule has 6 nitrogen and oxygen atoms in total. The number of aliphatic carboxylic acids is 1. The van der Waals surface area contributed by atoms with E-state index in [0.717, 1.165) is 16.8 Å². The molecule has 1 N–H and O–H groups in total. The molecule has 6 heteroatoms. The van der Waals surface area contributed by atoms with Crippen molar-refractivity contribution in [3.8, 4) is 11.3 Å². The van der Waals surface area contributed by atoms with Gasteiger partial charge in [0, 0.05) is 11.8 Å². The van der Waals surface area contributed by atoms with Crippen molar-refractivity contribution >= 4 is 11.7 Å². The SMILES string of the molecule is CON=C(Cn1cc(C)c(-c2ccccc2)n1)C(=O)O. The highest BCUT2D eigenvalue weighted by Crippen LogP contribution is 2.20. The molecule has 0 saturated carbocycles. The number of aryl methyl sites for hydroxylation is 1. The van der Waals surface area contributed by atoms with E-state index >= 15 is 0 Å². The van der Waals surface area contributed by atoms with Gasteiger partial charge in [0.2, 0.25) is 0 Å². The van der Waals surface area contributed by atoms with E-state index in [1.165, 1.54) is 7.11 Å². The van der Waals surface area contributed by atoms with Crippen LogP contribution < -0.4 is 0 Å². The molecule has 2 rings (SSSR count). The second-order valence-electron chi connectivity index (χ2n) is 4.25. The van der Waals surface area contributed by atoms with E-state index in [0.29, 0.717) is 0 Å². The molecule has 1 heterocycles. The maximum atomic E-state index is 11.0. The number of hydrogen-bond acceptors (Lipinski definition) is 4. The summed E-state index contributed by atoms with van der Waals surface area (Å²) in [6.07, 6.45) is 1.79. The van der Waals surface area contributed by atoms with Crippen LogP contribution in [0, 0.1) is 6.92 Å². The molecule has 0 unspecified atom stereocenters. The van der Waals surface area contributed by atoms with Crippen molar-refractivity contribution in [1.82, 2.24) is 9.78 Å². The number of benzene rings is 1. The summed E-state index contributed by atoms with van der Waals surface area (Å²) in [6, 6.07) is 9.72. The van der Waals surface area contributed by atoms with Gasteiger partial charge in [-0.2, -0.15) is 5.10 Å². The normalized spacial score (nSPS) is 11.4. The van der Waals surface area contributed by atoms with E-state index in [-0.39, 0.29) is 12.3 Å². The van der Waals surface area contributed by atoms with E-state index in [1.807, 2.05) is 37.3 Å². The van der Waals surface area contributed by atoms with Crippen LogP contribution >= 0.6 is 0 Å². The minimum atomic E-state index is -1.12. The number of carbonyl (C=O) groups is 1. The fourth-order valence-electron chi connectivity index (χ4n) is 1.88. The van der Waals surface area contributed by atoms with Crippen molar-refractivity contribution in [3.05, 3.63) is 42.1 Å². The standard InChI is InChI=1S/C14H15N3O3/c1-10-8-17(9-12(14(18)19)16-20-2)15-13(10)11-6-4-3-5-7-11/h3-8H,9H2,1-2H3,(H,18,19). The van der Waals surface area contributed by atoms with E-state index in [4.69, 9.17) is 5.11 Å². The summed E-state index contributed by atoms with van der Waals surface area (Å²) in [4.78, 5) is 15.5. The zero-order valence-corrected chi connectivity index (χ0v) is 11.3. The molecule has 20 heavy (non-hydrogen) atoms. The van der Waals surface area contributed by atoms with Crippen LogP contribution in [0.2, 0.25) is 0 Å². The van der Waals surface area contributed by atoms with Crippen molar-refractivity contribution in [2.75, 3.05) is 7.11 Å². The van der Waals surface area contributed by atoms with Crippen LogP contribution in [0.4, 0.5) is 0 Å². The monoisotopic (exact) mass is 273 g/mol. The predicted octanol–water partition coefficient (Wildman–Crippen LogP) is 1.95. The van der Waals surface area contributed by atoms with Crippen molar-refractivity contribution in [2.45, 2.75) is 13.5 Å². The van der Waals surface area contributed by atoms with Gasteiger partial charge in [0.1, 0.15) is 7.11 Å². The summed E-state index contributed by atoms with van der Waals surface area (Å²) < 4.78 is 1.55. The summed E-state index contributed by atoms with van der Waals surface area (Å²) in [5.41, 5.74) is 2.69. The first kappa shape index (κ1) is 13.8. The fourth-order valence-corrected chi connectivity index (χ4v) is 1.88. The Morgan fingerprint density at radius 3 is 2.70 bits per heavy atom. The Morgan fingerprint density at radius 2 is 2.10 bits per heavy atom. The molecule has 0 spiro atoms. The van der Waals surface area contributed by atoms with Crippen LogP contribution in [-0.2, 0) is 16.2 Å². The van der Waals surface area contributed by atoms with Gasteiger partial charge in [-0.05, 0) is 12.5 Å². The minimum Gasteiger partial charge on any atom is -0.477 e. The van der Waals surface area contributed by atoms with Crippen LogP contribution in [0.3, 0.4) is 0 Å². The number of carboxylic acids is 1. The first-order chi connectivity index (χ1) is 9.61. The molecule has 0 fully saturated rings. The van der Waals surface area contributed by atoms with Crippen LogP contribution in [0.15, 0.2) is 41.7 Å². The second-order valence-corrected chi connectivity index (χ2v) is 4.25. The Hall–Kier alpha value is -2.63. The molecule has 2 aromatic rings. The van der Waals surface area contributed by atoms with E-state index in [1.54, 1.807) is 10.9 Å². The van der Waals surface area contributed by atoms with Crippen LogP contribution in [0.25, 0.3) is 11.3 Å². The number of hydrogen-bond donors (Lipinski definition) is 1. The van der Waals surface area contributed by atoms with Gasteiger partial charge in [0.15, 0.2) is 5.71 Å². The Kier molecular flexibility index (Phi) is 4.14. The molecule has 0 saturated heterocycles. The fraction of sp³-hybridized carbons (Fsp3) is 0.214. The third-order valence-corrected chi connectivity index (χ3v) is 2.75. The van der Waals surface area contributed by atoms with Crippen LogP contribution in [0.5, 0.6) is 0 Å². The van der Waals surface area contributed by atoms with Gasteiger partial charge in [0.25, 0.3) is 0 Å². The smallest absolute Gasteiger partial charge is 0.355 e. The lowest BCUT2D eigenvalue weighted by Gasteiger charge is -2.01. The molecule has 0 atom stereocenters. The van der Waals surface area contributed by atoms with Crippen LogP contribution in [-0.4, -0.2) is 33.7 Å². The van der Waals surface area contributed by atoms with E-state index in [2.05, 4.69) is 15.1 Å². The van der Waals surface area contributed by atoms with Crippen molar-refractivity contribution in [1.29, 1.82) is 0 Å². The van der Waals surface area contributed by atoms with Gasteiger partial charge >= 0.3 is 5.97 Å². The van der Waals surface area contributed by atoms with Gasteiger partial charge in [0.05, 0.1) is 12.2 Å². The molecular weight excluding hydrogens is 258 g/mol. The van der Waals surface area contributed by atoms with Gasteiger partial charge in [-0.25, -0.2) is 4.79 Å².